The number of benzene rings is 2. The van der Waals surface area contributed by atoms with E-state index < -0.39 is 0 Å². The maximum Gasteiger partial charge on any atom is 0.203 e. The van der Waals surface area contributed by atoms with E-state index in [1.807, 2.05) is 47.8 Å². The Morgan fingerprint density at radius 3 is 2.68 bits per heavy atom. The molecule has 2 aromatic carbocycles. The van der Waals surface area contributed by atoms with E-state index in [0.29, 0.717) is 0 Å². The Bertz CT molecular complexity index is 938. The minimum absolute atomic E-state index is 0.743. The lowest BCUT2D eigenvalue weighted by Crippen LogP contribution is -2.36. The molecule has 0 aliphatic carbocycles. The Kier molecular flexibility index (Phi) is 8.04. The number of ether oxygens (including phenoxy) is 2. The Morgan fingerprint density at radius 2 is 1.87 bits per heavy atom. The molecule has 7 heteroatoms. The molecule has 4 rings (SSSR count). The molecular weight excluding hydrogens is 408 g/mol. The second-order valence-corrected chi connectivity index (χ2v) is 8.21. The molecule has 1 fully saturated rings. The average molecular weight is 437 g/mol. The zero-order valence-electron chi connectivity index (χ0n) is 17.6. The van der Waals surface area contributed by atoms with Crippen LogP contribution in [0.5, 0.6) is 5.75 Å². The maximum atomic E-state index is 5.86. The number of hydrogen-bond donors (Lipinski definition) is 1. The first-order chi connectivity index (χ1) is 15.4. The summed E-state index contributed by atoms with van der Waals surface area (Å²) in [6.07, 6.45) is 4.00. The molecule has 3 aromatic rings. The van der Waals surface area contributed by atoms with Gasteiger partial charge in [-0.1, -0.05) is 30.3 Å². The Labute approximate surface area is 187 Å². The molecule has 162 valence electrons. The van der Waals surface area contributed by atoms with Gasteiger partial charge in [0.15, 0.2) is 0 Å². The van der Waals surface area contributed by atoms with Crippen LogP contribution in [0.1, 0.15) is 18.4 Å². The van der Waals surface area contributed by atoms with Crippen LogP contribution in [-0.4, -0.2) is 55.6 Å². The van der Waals surface area contributed by atoms with Gasteiger partial charge in [0.05, 0.1) is 31.7 Å². The van der Waals surface area contributed by atoms with Gasteiger partial charge in [0.2, 0.25) is 5.13 Å². The molecule has 0 unspecified atom stereocenters. The lowest BCUT2D eigenvalue weighted by molar-refractivity contribution is 0.0368. The summed E-state index contributed by atoms with van der Waals surface area (Å²) in [6, 6.07) is 18.1. The number of anilines is 1. The number of nitrogens with one attached hydrogen (secondary N) is 1. The fourth-order valence-corrected chi connectivity index (χ4v) is 4.00. The van der Waals surface area contributed by atoms with Gasteiger partial charge in [0, 0.05) is 24.0 Å². The number of nitrogens with zero attached hydrogens (tertiary/aromatic N) is 3. The summed E-state index contributed by atoms with van der Waals surface area (Å²) in [5, 5.41) is 7.10. The standard InChI is InChI=1S/C24H28N4O2S/c1-2-6-21(7-3-1)23-19-31-24(26-23)27-25-18-20-8-10-22(11-9-20)30-15-5-4-12-28-13-16-29-17-14-28/h1-3,6-11,18-19H,4-5,12-17H2,(H,26,27). The third-order valence-corrected chi connectivity index (χ3v) is 5.82. The van der Waals surface area contributed by atoms with E-state index in [9.17, 15) is 0 Å². The van der Waals surface area contributed by atoms with E-state index in [1.165, 1.54) is 11.3 Å². The topological polar surface area (TPSA) is 59.0 Å². The van der Waals surface area contributed by atoms with Crippen molar-refractivity contribution < 1.29 is 9.47 Å². The molecule has 1 saturated heterocycles. The van der Waals surface area contributed by atoms with Crippen molar-refractivity contribution in [2.45, 2.75) is 12.8 Å². The average Bonchev–Trinajstić information content (AvgIpc) is 3.30. The van der Waals surface area contributed by atoms with Gasteiger partial charge in [0.1, 0.15) is 5.75 Å². The van der Waals surface area contributed by atoms with E-state index in [1.54, 1.807) is 6.21 Å². The highest BCUT2D eigenvalue weighted by Gasteiger charge is 2.09. The Morgan fingerprint density at radius 1 is 1.06 bits per heavy atom. The second-order valence-electron chi connectivity index (χ2n) is 7.35. The van der Waals surface area contributed by atoms with Gasteiger partial charge < -0.3 is 9.47 Å². The Balaban J connectivity index is 1.16. The highest BCUT2D eigenvalue weighted by molar-refractivity contribution is 7.14. The molecule has 2 heterocycles. The van der Waals surface area contributed by atoms with Gasteiger partial charge in [-0.05, 0) is 49.2 Å². The monoisotopic (exact) mass is 436 g/mol. The number of thiazole rings is 1. The molecule has 0 spiro atoms. The first-order valence-electron chi connectivity index (χ1n) is 10.7. The summed E-state index contributed by atoms with van der Waals surface area (Å²) in [5.74, 6) is 0.893. The SMILES string of the molecule is C(=NNc1nc(-c2ccccc2)cs1)c1ccc(OCCCCN2CCOCC2)cc1. The first kappa shape index (κ1) is 21.5. The van der Waals surface area contributed by atoms with Crippen LogP contribution >= 0.6 is 11.3 Å². The quantitative estimate of drug-likeness (QED) is 0.282. The van der Waals surface area contributed by atoms with Crippen LogP contribution in [0.25, 0.3) is 11.3 Å². The van der Waals surface area contributed by atoms with Crippen molar-refractivity contribution in [1.29, 1.82) is 0 Å². The molecule has 1 aromatic heterocycles. The molecule has 1 N–H and O–H groups in total. The minimum Gasteiger partial charge on any atom is -0.494 e. The molecule has 0 bridgehead atoms. The van der Waals surface area contributed by atoms with Crippen LogP contribution in [0, 0.1) is 0 Å². The molecule has 31 heavy (non-hydrogen) atoms. The summed E-state index contributed by atoms with van der Waals surface area (Å²) < 4.78 is 11.2. The summed E-state index contributed by atoms with van der Waals surface area (Å²) in [4.78, 5) is 7.03. The number of rotatable bonds is 10. The van der Waals surface area contributed by atoms with Crippen molar-refractivity contribution in [1.82, 2.24) is 9.88 Å². The highest BCUT2D eigenvalue weighted by Crippen LogP contribution is 2.24. The molecule has 0 saturated carbocycles. The summed E-state index contributed by atoms with van der Waals surface area (Å²) in [7, 11) is 0. The van der Waals surface area contributed by atoms with Crippen LogP contribution < -0.4 is 10.2 Å². The molecule has 0 amide bonds. The molecule has 1 aliphatic rings. The van der Waals surface area contributed by atoms with E-state index in [2.05, 4.69) is 32.5 Å². The van der Waals surface area contributed by atoms with E-state index >= 15 is 0 Å². The van der Waals surface area contributed by atoms with E-state index in [0.717, 1.165) is 80.0 Å². The van der Waals surface area contributed by atoms with Gasteiger partial charge in [-0.2, -0.15) is 5.10 Å². The fraction of sp³-hybridized carbons (Fsp3) is 0.333. The van der Waals surface area contributed by atoms with Crippen molar-refractivity contribution in [3.63, 3.8) is 0 Å². The van der Waals surface area contributed by atoms with Crippen LogP contribution in [0.3, 0.4) is 0 Å². The van der Waals surface area contributed by atoms with Crippen molar-refractivity contribution in [3.8, 4) is 17.0 Å². The molecule has 0 atom stereocenters. The maximum absolute atomic E-state index is 5.86. The Hall–Kier alpha value is -2.74. The van der Waals surface area contributed by atoms with Gasteiger partial charge in [-0.3, -0.25) is 10.3 Å². The predicted molar refractivity (Wildman–Crippen MR) is 127 cm³/mol. The predicted octanol–water partition coefficient (Wildman–Crippen LogP) is 4.75. The van der Waals surface area contributed by atoms with Crippen molar-refractivity contribution >= 4 is 22.7 Å². The smallest absolute Gasteiger partial charge is 0.203 e. The number of hydrogen-bond acceptors (Lipinski definition) is 7. The van der Waals surface area contributed by atoms with Gasteiger partial charge in [-0.15, -0.1) is 11.3 Å². The first-order valence-corrected chi connectivity index (χ1v) is 11.6. The van der Waals surface area contributed by atoms with Crippen LogP contribution in [-0.2, 0) is 4.74 Å². The molecule has 0 radical (unpaired) electrons. The highest BCUT2D eigenvalue weighted by atomic mass is 32.1. The second kappa shape index (κ2) is 11.6. The molecular formula is C24H28N4O2S. The van der Waals surface area contributed by atoms with Crippen LogP contribution in [0.4, 0.5) is 5.13 Å². The molecule has 6 nitrogen and oxygen atoms in total. The normalized spacial score (nSPS) is 14.7. The van der Waals surface area contributed by atoms with Crippen LogP contribution in [0.2, 0.25) is 0 Å². The van der Waals surface area contributed by atoms with Crippen molar-refractivity contribution in [2.75, 3.05) is 44.9 Å². The third kappa shape index (κ3) is 6.89. The number of morpholine rings is 1. The summed E-state index contributed by atoms with van der Waals surface area (Å²) >= 11 is 1.54. The largest absolute Gasteiger partial charge is 0.494 e. The number of unbranched alkanes of at least 4 members (excludes halogenated alkanes) is 1. The lowest BCUT2D eigenvalue weighted by Gasteiger charge is -2.26. The summed E-state index contributed by atoms with van der Waals surface area (Å²) in [6.45, 7) is 5.69. The number of aromatic nitrogens is 1. The molecule has 1 aliphatic heterocycles. The van der Waals surface area contributed by atoms with Crippen LogP contribution in [0.15, 0.2) is 65.1 Å². The minimum atomic E-state index is 0.743. The third-order valence-electron chi connectivity index (χ3n) is 5.07. The zero-order valence-corrected chi connectivity index (χ0v) is 18.4. The summed E-state index contributed by atoms with van der Waals surface area (Å²) in [5.41, 5.74) is 6.07. The van der Waals surface area contributed by atoms with E-state index in [4.69, 9.17) is 9.47 Å². The number of hydrazone groups is 1. The lowest BCUT2D eigenvalue weighted by atomic mass is 10.2. The van der Waals surface area contributed by atoms with Gasteiger partial charge >= 0.3 is 0 Å². The fourth-order valence-electron chi connectivity index (χ4n) is 3.33. The van der Waals surface area contributed by atoms with Gasteiger partial charge in [0.25, 0.3) is 0 Å². The van der Waals surface area contributed by atoms with E-state index in [-0.39, 0.29) is 0 Å². The van der Waals surface area contributed by atoms with Crippen molar-refractivity contribution in [2.24, 2.45) is 5.10 Å². The van der Waals surface area contributed by atoms with Gasteiger partial charge in [-0.25, -0.2) is 4.98 Å². The van der Waals surface area contributed by atoms with Crippen molar-refractivity contribution in [3.05, 3.63) is 65.5 Å². The zero-order chi connectivity index (χ0) is 21.1.